The van der Waals surface area contributed by atoms with Crippen LogP contribution in [0, 0.1) is 11.6 Å². The van der Waals surface area contributed by atoms with E-state index in [-0.39, 0.29) is 10.6 Å². The molecule has 1 heterocycles. The number of halogens is 2. The van der Waals surface area contributed by atoms with Crippen LogP contribution in [0.1, 0.15) is 30.9 Å². The molecule has 0 radical (unpaired) electrons. The SMILES string of the molecule is C[C@H](O)C(=O)N1N=C(c2cc(F)ccc2F)S[C@@]1(CCCN)c1ccccc1. The maximum absolute atomic E-state index is 14.4. The smallest absolute Gasteiger partial charge is 0.272 e. The normalized spacial score (nSPS) is 20.2. The fraction of sp³-hybridized carbons (Fsp3) is 0.300. The molecule has 8 heteroatoms. The number of rotatable bonds is 6. The highest BCUT2D eigenvalue weighted by Gasteiger charge is 2.49. The molecule has 0 unspecified atom stereocenters. The maximum Gasteiger partial charge on any atom is 0.272 e. The molecule has 0 bridgehead atoms. The number of nitrogens with two attached hydrogens (primary N) is 1. The summed E-state index contributed by atoms with van der Waals surface area (Å²) in [5.74, 6) is -1.87. The lowest BCUT2D eigenvalue weighted by Crippen LogP contribution is -2.45. The Kier molecular flexibility index (Phi) is 6.12. The number of hydrogen-bond acceptors (Lipinski definition) is 5. The van der Waals surface area contributed by atoms with Gasteiger partial charge in [0.05, 0.1) is 0 Å². The van der Waals surface area contributed by atoms with Crippen LogP contribution in [0.5, 0.6) is 0 Å². The number of aliphatic hydroxyl groups excluding tert-OH is 1. The largest absolute Gasteiger partial charge is 0.383 e. The van der Waals surface area contributed by atoms with E-state index in [1.54, 1.807) is 0 Å². The van der Waals surface area contributed by atoms with E-state index in [4.69, 9.17) is 5.73 Å². The van der Waals surface area contributed by atoms with E-state index in [9.17, 15) is 18.7 Å². The molecule has 2 aromatic rings. The lowest BCUT2D eigenvalue weighted by molar-refractivity contribution is -0.143. The van der Waals surface area contributed by atoms with Crippen LogP contribution in [0.15, 0.2) is 53.6 Å². The molecule has 1 amide bonds. The van der Waals surface area contributed by atoms with Gasteiger partial charge < -0.3 is 10.8 Å². The molecular weight excluding hydrogens is 384 g/mol. The molecule has 0 saturated carbocycles. The van der Waals surface area contributed by atoms with Gasteiger partial charge in [-0.05, 0) is 50.1 Å². The highest BCUT2D eigenvalue weighted by Crippen LogP contribution is 2.50. The van der Waals surface area contributed by atoms with Gasteiger partial charge in [-0.2, -0.15) is 5.10 Å². The van der Waals surface area contributed by atoms with Gasteiger partial charge in [-0.1, -0.05) is 42.1 Å². The van der Waals surface area contributed by atoms with E-state index in [2.05, 4.69) is 5.10 Å². The summed E-state index contributed by atoms with van der Waals surface area (Å²) in [5.41, 5.74) is 6.44. The first-order valence-corrected chi connectivity index (χ1v) is 9.71. The van der Waals surface area contributed by atoms with Crippen molar-refractivity contribution in [3.8, 4) is 0 Å². The van der Waals surface area contributed by atoms with Gasteiger partial charge in [-0.25, -0.2) is 13.8 Å². The van der Waals surface area contributed by atoms with E-state index in [0.29, 0.717) is 19.4 Å². The van der Waals surface area contributed by atoms with Crippen molar-refractivity contribution >= 4 is 22.7 Å². The molecule has 3 rings (SSSR count). The first kappa shape index (κ1) is 20.4. The van der Waals surface area contributed by atoms with Gasteiger partial charge in [-0.15, -0.1) is 0 Å². The van der Waals surface area contributed by atoms with Crippen LogP contribution in [0.2, 0.25) is 0 Å². The Morgan fingerprint density at radius 3 is 2.64 bits per heavy atom. The standard InChI is InChI=1S/C20H21F2N3O2S/c1-13(26)19(27)25-20(10-5-11-23,14-6-3-2-4-7-14)28-18(24-25)16-12-15(21)8-9-17(16)22/h2-4,6-9,12-13,26H,5,10-11,23H2,1H3/t13-,20-/m0/s1. The van der Waals surface area contributed by atoms with E-state index >= 15 is 0 Å². The molecule has 1 aliphatic heterocycles. The lowest BCUT2D eigenvalue weighted by atomic mass is 10.00. The molecule has 28 heavy (non-hydrogen) atoms. The summed E-state index contributed by atoms with van der Waals surface area (Å²) in [6.07, 6.45) is -0.303. The summed E-state index contributed by atoms with van der Waals surface area (Å²) in [5, 5.41) is 15.6. The zero-order valence-electron chi connectivity index (χ0n) is 15.3. The molecule has 0 spiro atoms. The minimum atomic E-state index is -1.30. The monoisotopic (exact) mass is 405 g/mol. The highest BCUT2D eigenvalue weighted by molar-refractivity contribution is 8.15. The molecule has 2 aromatic carbocycles. The van der Waals surface area contributed by atoms with Gasteiger partial charge in [-0.3, -0.25) is 4.79 Å². The fourth-order valence-corrected chi connectivity index (χ4v) is 4.52. The van der Waals surface area contributed by atoms with Crippen molar-refractivity contribution in [1.82, 2.24) is 5.01 Å². The topological polar surface area (TPSA) is 78.9 Å². The van der Waals surface area contributed by atoms with E-state index in [1.807, 2.05) is 30.3 Å². The van der Waals surface area contributed by atoms with Gasteiger partial charge in [0, 0.05) is 5.56 Å². The summed E-state index contributed by atoms with van der Waals surface area (Å²) in [6.45, 7) is 1.73. The number of hydrazone groups is 1. The first-order valence-electron chi connectivity index (χ1n) is 8.90. The van der Waals surface area contributed by atoms with Crippen LogP contribution in [0.25, 0.3) is 0 Å². The number of aliphatic hydroxyl groups is 1. The second-order valence-electron chi connectivity index (χ2n) is 6.50. The molecule has 148 valence electrons. The van der Waals surface area contributed by atoms with Crippen LogP contribution in [0.3, 0.4) is 0 Å². The number of amides is 1. The third-order valence-electron chi connectivity index (χ3n) is 4.47. The van der Waals surface area contributed by atoms with Crippen molar-refractivity contribution in [2.45, 2.75) is 30.7 Å². The summed E-state index contributed by atoms with van der Waals surface area (Å²) in [7, 11) is 0. The predicted molar refractivity (Wildman–Crippen MR) is 105 cm³/mol. The van der Waals surface area contributed by atoms with Gasteiger partial charge in [0.2, 0.25) is 0 Å². The minimum absolute atomic E-state index is 0.0288. The van der Waals surface area contributed by atoms with E-state index in [1.165, 1.54) is 11.9 Å². The molecule has 0 fully saturated rings. The number of hydrogen-bond donors (Lipinski definition) is 2. The Bertz CT molecular complexity index is 892. The Labute approximate surface area is 166 Å². The summed E-state index contributed by atoms with van der Waals surface area (Å²) >= 11 is 1.16. The number of thioether (sulfide) groups is 1. The van der Waals surface area contributed by atoms with Crippen molar-refractivity contribution in [3.63, 3.8) is 0 Å². The van der Waals surface area contributed by atoms with Gasteiger partial charge in [0.25, 0.3) is 5.91 Å². The van der Waals surface area contributed by atoms with Crippen molar-refractivity contribution in [2.75, 3.05) is 6.54 Å². The van der Waals surface area contributed by atoms with Crippen LogP contribution in [0.4, 0.5) is 8.78 Å². The van der Waals surface area contributed by atoms with Crippen molar-refractivity contribution in [1.29, 1.82) is 0 Å². The zero-order valence-corrected chi connectivity index (χ0v) is 16.1. The van der Waals surface area contributed by atoms with Gasteiger partial charge in [0.15, 0.2) is 0 Å². The third kappa shape index (κ3) is 3.80. The van der Waals surface area contributed by atoms with E-state index in [0.717, 1.165) is 35.5 Å². The summed E-state index contributed by atoms with van der Waals surface area (Å²) in [4.78, 5) is 11.8. The van der Waals surface area contributed by atoms with Crippen LogP contribution in [-0.2, 0) is 9.67 Å². The average Bonchev–Trinajstić information content (AvgIpc) is 3.08. The summed E-state index contributed by atoms with van der Waals surface area (Å²) < 4.78 is 28.1. The van der Waals surface area contributed by atoms with E-state index < -0.39 is 28.5 Å². The van der Waals surface area contributed by atoms with Crippen molar-refractivity contribution in [2.24, 2.45) is 10.8 Å². The van der Waals surface area contributed by atoms with Gasteiger partial charge in [0.1, 0.15) is 27.7 Å². The third-order valence-corrected chi connectivity index (χ3v) is 5.91. The minimum Gasteiger partial charge on any atom is -0.383 e. The average molecular weight is 405 g/mol. The lowest BCUT2D eigenvalue weighted by Gasteiger charge is -2.36. The maximum atomic E-state index is 14.4. The Morgan fingerprint density at radius 1 is 1.29 bits per heavy atom. The quantitative estimate of drug-likeness (QED) is 0.774. The van der Waals surface area contributed by atoms with Crippen LogP contribution < -0.4 is 5.73 Å². The predicted octanol–water partition coefficient (Wildman–Crippen LogP) is 3.17. The molecule has 0 aromatic heterocycles. The van der Waals surface area contributed by atoms with Gasteiger partial charge >= 0.3 is 0 Å². The molecule has 0 aliphatic carbocycles. The van der Waals surface area contributed by atoms with Crippen molar-refractivity contribution < 1.29 is 18.7 Å². The molecule has 1 aliphatic rings. The second-order valence-corrected chi connectivity index (χ2v) is 7.77. The Morgan fingerprint density at radius 2 is 2.00 bits per heavy atom. The Balaban J connectivity index is 2.15. The summed E-state index contributed by atoms with van der Waals surface area (Å²) in [6, 6.07) is 12.3. The van der Waals surface area contributed by atoms with Crippen LogP contribution in [-0.4, -0.2) is 33.7 Å². The first-order chi connectivity index (χ1) is 13.4. The second kappa shape index (κ2) is 8.38. The van der Waals surface area contributed by atoms with Crippen molar-refractivity contribution in [3.05, 3.63) is 71.3 Å². The number of benzene rings is 2. The number of carbonyl (C=O) groups is 1. The molecule has 5 nitrogen and oxygen atoms in total. The molecular formula is C20H21F2N3O2S. The molecule has 2 atom stereocenters. The number of carbonyl (C=O) groups excluding carboxylic acids is 1. The fourth-order valence-electron chi connectivity index (χ4n) is 3.09. The number of nitrogens with zero attached hydrogens (tertiary/aromatic N) is 2. The zero-order chi connectivity index (χ0) is 20.3. The Hall–Kier alpha value is -2.29. The van der Waals surface area contributed by atoms with Crippen LogP contribution >= 0.6 is 11.8 Å². The molecule has 0 saturated heterocycles. The molecule has 3 N–H and O–H groups in total. The highest BCUT2D eigenvalue weighted by atomic mass is 32.2.